The number of rotatable bonds is 3. The van der Waals surface area contributed by atoms with Crippen LogP contribution in [-0.4, -0.2) is 21.7 Å². The van der Waals surface area contributed by atoms with Crippen molar-refractivity contribution in [1.82, 2.24) is 15.2 Å². The summed E-state index contributed by atoms with van der Waals surface area (Å²) >= 11 is 6.18. The van der Waals surface area contributed by atoms with Crippen molar-refractivity contribution in [3.63, 3.8) is 0 Å². The molecule has 0 fully saturated rings. The van der Waals surface area contributed by atoms with E-state index in [1.165, 1.54) is 11.3 Å². The van der Waals surface area contributed by atoms with Crippen LogP contribution in [0.3, 0.4) is 0 Å². The van der Waals surface area contributed by atoms with Crippen molar-refractivity contribution in [2.24, 2.45) is 0 Å². The van der Waals surface area contributed by atoms with Gasteiger partial charge in [0.05, 0.1) is 6.20 Å². The quantitative estimate of drug-likeness (QED) is 0.743. The molecule has 6 heteroatoms. The van der Waals surface area contributed by atoms with Crippen LogP contribution in [0.15, 0.2) is 48.7 Å². The van der Waals surface area contributed by atoms with Gasteiger partial charge in [0.15, 0.2) is 5.82 Å². The summed E-state index contributed by atoms with van der Waals surface area (Å²) in [5, 5.41) is 12.1. The van der Waals surface area contributed by atoms with Crippen LogP contribution < -0.4 is 10.2 Å². The normalized spacial score (nSPS) is 13.4. The molecule has 1 aromatic heterocycles. The predicted molar refractivity (Wildman–Crippen MR) is 101 cm³/mol. The number of hydrogen-bond acceptors (Lipinski definition) is 5. The van der Waals surface area contributed by atoms with Crippen LogP contribution in [0.1, 0.15) is 17.5 Å². The zero-order valence-corrected chi connectivity index (χ0v) is 14.7. The molecule has 4 rings (SSSR count). The number of aryl methyl sites for hydroxylation is 2. The summed E-state index contributed by atoms with van der Waals surface area (Å²) in [7, 11) is 0. The van der Waals surface area contributed by atoms with Gasteiger partial charge < -0.3 is 10.2 Å². The minimum atomic E-state index is 0.459. The molecule has 0 unspecified atom stereocenters. The molecular formula is C19H18ClN5. The monoisotopic (exact) mass is 351 g/mol. The fourth-order valence-corrected chi connectivity index (χ4v) is 3.23. The number of halogens is 1. The van der Waals surface area contributed by atoms with E-state index in [1.54, 1.807) is 6.20 Å². The highest BCUT2D eigenvalue weighted by molar-refractivity contribution is 6.31. The van der Waals surface area contributed by atoms with Gasteiger partial charge in [0.2, 0.25) is 5.95 Å². The average molecular weight is 352 g/mol. The van der Waals surface area contributed by atoms with Crippen molar-refractivity contribution in [2.75, 3.05) is 16.8 Å². The molecule has 0 spiro atoms. The van der Waals surface area contributed by atoms with Crippen LogP contribution in [0.25, 0.3) is 0 Å². The zero-order chi connectivity index (χ0) is 17.2. The molecule has 25 heavy (non-hydrogen) atoms. The number of nitrogens with one attached hydrogen (secondary N) is 1. The Bertz CT molecular complexity index is 912. The molecule has 1 N–H and O–H groups in total. The molecule has 0 amide bonds. The Labute approximate surface area is 151 Å². The standard InChI is InChI=1S/C19H18ClN5/c1-13-8-9-15(11-16(13)20)22-19-23-18(12-21-24-19)25-10-4-6-14-5-2-3-7-17(14)25/h2-3,5,7-9,11-12H,4,6,10H2,1H3,(H,22,23,24). The Hall–Kier alpha value is -2.66. The topological polar surface area (TPSA) is 53.9 Å². The number of hydrogen-bond donors (Lipinski definition) is 1. The minimum absolute atomic E-state index is 0.459. The van der Waals surface area contributed by atoms with Gasteiger partial charge in [-0.15, -0.1) is 5.10 Å². The van der Waals surface area contributed by atoms with Crippen LogP contribution in [-0.2, 0) is 6.42 Å². The second-order valence-electron chi connectivity index (χ2n) is 6.11. The van der Waals surface area contributed by atoms with Gasteiger partial charge >= 0.3 is 0 Å². The van der Waals surface area contributed by atoms with E-state index >= 15 is 0 Å². The lowest BCUT2D eigenvalue weighted by molar-refractivity contribution is 0.754. The molecule has 3 aromatic rings. The summed E-state index contributed by atoms with van der Waals surface area (Å²) in [6.07, 6.45) is 3.89. The molecule has 0 atom stereocenters. The van der Waals surface area contributed by atoms with Crippen LogP contribution in [0.4, 0.5) is 23.1 Å². The third-order valence-electron chi connectivity index (χ3n) is 4.36. The Morgan fingerprint density at radius 2 is 2.04 bits per heavy atom. The maximum absolute atomic E-state index is 6.18. The Morgan fingerprint density at radius 3 is 2.92 bits per heavy atom. The third-order valence-corrected chi connectivity index (χ3v) is 4.77. The van der Waals surface area contributed by atoms with Gasteiger partial charge in [-0.3, -0.25) is 0 Å². The first-order chi connectivity index (χ1) is 12.2. The average Bonchev–Trinajstić information content (AvgIpc) is 2.64. The highest BCUT2D eigenvalue weighted by atomic mass is 35.5. The van der Waals surface area contributed by atoms with Crippen LogP contribution >= 0.6 is 11.6 Å². The van der Waals surface area contributed by atoms with Crippen molar-refractivity contribution < 1.29 is 0 Å². The van der Waals surface area contributed by atoms with Crippen molar-refractivity contribution in [2.45, 2.75) is 19.8 Å². The van der Waals surface area contributed by atoms with Crippen LogP contribution in [0, 0.1) is 6.92 Å². The maximum Gasteiger partial charge on any atom is 0.249 e. The molecule has 0 bridgehead atoms. The lowest BCUT2D eigenvalue weighted by atomic mass is 10.0. The van der Waals surface area contributed by atoms with Crippen molar-refractivity contribution in [1.29, 1.82) is 0 Å². The molecule has 0 saturated heterocycles. The number of fused-ring (bicyclic) bond motifs is 1. The summed E-state index contributed by atoms with van der Waals surface area (Å²) in [5.41, 5.74) is 4.41. The van der Waals surface area contributed by atoms with E-state index in [4.69, 9.17) is 11.6 Å². The summed E-state index contributed by atoms with van der Waals surface area (Å²) in [6, 6.07) is 14.2. The number of para-hydroxylation sites is 1. The fourth-order valence-electron chi connectivity index (χ4n) is 3.05. The van der Waals surface area contributed by atoms with E-state index in [0.29, 0.717) is 11.0 Å². The lowest BCUT2D eigenvalue weighted by Crippen LogP contribution is -2.25. The Balaban J connectivity index is 1.63. The first kappa shape index (κ1) is 15.8. The van der Waals surface area contributed by atoms with Crippen molar-refractivity contribution in [3.8, 4) is 0 Å². The number of anilines is 4. The van der Waals surface area contributed by atoms with Crippen molar-refractivity contribution in [3.05, 3.63) is 64.8 Å². The van der Waals surface area contributed by atoms with E-state index in [-0.39, 0.29) is 0 Å². The highest BCUT2D eigenvalue weighted by Gasteiger charge is 2.19. The van der Waals surface area contributed by atoms with Gasteiger partial charge in [0.1, 0.15) is 0 Å². The van der Waals surface area contributed by atoms with E-state index in [9.17, 15) is 0 Å². The zero-order valence-electron chi connectivity index (χ0n) is 13.9. The number of benzene rings is 2. The first-order valence-corrected chi connectivity index (χ1v) is 8.67. The second-order valence-corrected chi connectivity index (χ2v) is 6.52. The first-order valence-electron chi connectivity index (χ1n) is 8.29. The molecule has 2 aromatic carbocycles. The maximum atomic E-state index is 6.18. The van der Waals surface area contributed by atoms with E-state index < -0.39 is 0 Å². The van der Waals surface area contributed by atoms with E-state index in [2.05, 4.69) is 49.7 Å². The van der Waals surface area contributed by atoms with Crippen LogP contribution in [0.5, 0.6) is 0 Å². The molecule has 1 aliphatic heterocycles. The SMILES string of the molecule is Cc1ccc(Nc2nncc(N3CCCc4ccccc43)n2)cc1Cl. The smallest absolute Gasteiger partial charge is 0.249 e. The highest BCUT2D eigenvalue weighted by Crippen LogP contribution is 2.32. The molecule has 126 valence electrons. The second kappa shape index (κ2) is 6.69. The predicted octanol–water partition coefficient (Wildman–Crippen LogP) is 4.66. The summed E-state index contributed by atoms with van der Waals surface area (Å²) in [5.74, 6) is 1.25. The van der Waals surface area contributed by atoms with Crippen molar-refractivity contribution >= 4 is 34.7 Å². The number of aromatic nitrogens is 3. The molecule has 2 heterocycles. The van der Waals surface area contributed by atoms with Gasteiger partial charge in [-0.1, -0.05) is 35.9 Å². The molecule has 5 nitrogen and oxygen atoms in total. The molecule has 0 aliphatic carbocycles. The minimum Gasteiger partial charge on any atom is -0.325 e. The number of nitrogens with zero attached hydrogens (tertiary/aromatic N) is 4. The largest absolute Gasteiger partial charge is 0.325 e. The van der Waals surface area contributed by atoms with Gasteiger partial charge in [-0.25, -0.2) is 0 Å². The van der Waals surface area contributed by atoms with Crippen LogP contribution in [0.2, 0.25) is 5.02 Å². The summed E-state index contributed by atoms with van der Waals surface area (Å²) in [4.78, 5) is 6.84. The van der Waals surface area contributed by atoms with Gasteiger partial charge in [0.25, 0.3) is 0 Å². The Kier molecular flexibility index (Phi) is 4.24. The summed E-state index contributed by atoms with van der Waals surface area (Å²) < 4.78 is 0. The van der Waals surface area contributed by atoms with E-state index in [1.807, 2.05) is 25.1 Å². The molecule has 0 saturated carbocycles. The lowest BCUT2D eigenvalue weighted by Gasteiger charge is -2.30. The third kappa shape index (κ3) is 3.28. The Morgan fingerprint density at radius 1 is 1.16 bits per heavy atom. The van der Waals surface area contributed by atoms with Gasteiger partial charge in [0, 0.05) is 22.9 Å². The fraction of sp³-hybridized carbons (Fsp3) is 0.211. The molecular weight excluding hydrogens is 334 g/mol. The van der Waals surface area contributed by atoms with Gasteiger partial charge in [-0.05, 0) is 49.1 Å². The summed E-state index contributed by atoms with van der Waals surface area (Å²) in [6.45, 7) is 2.89. The van der Waals surface area contributed by atoms with Gasteiger partial charge in [-0.2, -0.15) is 10.1 Å². The molecule has 1 aliphatic rings. The van der Waals surface area contributed by atoms with E-state index in [0.717, 1.165) is 36.5 Å². The molecule has 0 radical (unpaired) electrons.